The van der Waals surface area contributed by atoms with Crippen molar-refractivity contribution in [2.75, 3.05) is 13.2 Å². The highest BCUT2D eigenvalue weighted by Gasteiger charge is 2.52. The Balaban J connectivity index is 2.10. The summed E-state index contributed by atoms with van der Waals surface area (Å²) < 4.78 is 41.8. The third kappa shape index (κ3) is 7.71. The van der Waals surface area contributed by atoms with E-state index in [0.29, 0.717) is 4.90 Å². The normalized spacial score (nSPS) is 17.5. The number of allylic oxidation sites excluding steroid dienone is 1. The van der Waals surface area contributed by atoms with Crippen LogP contribution in [0.1, 0.15) is 19.4 Å². The van der Waals surface area contributed by atoms with Gasteiger partial charge in [0.25, 0.3) is 5.91 Å². The van der Waals surface area contributed by atoms with Gasteiger partial charge in [0.2, 0.25) is 10.0 Å². The van der Waals surface area contributed by atoms with Crippen molar-refractivity contribution in [3.05, 3.63) is 41.1 Å². The summed E-state index contributed by atoms with van der Waals surface area (Å²) in [6, 6.07) is 4.11. The van der Waals surface area contributed by atoms with E-state index in [-0.39, 0.29) is 10.5 Å². The third-order valence-corrected chi connectivity index (χ3v) is 5.95. The lowest BCUT2D eigenvalue weighted by molar-refractivity contribution is -0.187. The molecule has 16 heteroatoms. The van der Waals surface area contributed by atoms with Gasteiger partial charge in [0.1, 0.15) is 23.2 Å². The number of hydrogen-bond acceptors (Lipinski definition) is 11. The van der Waals surface area contributed by atoms with Gasteiger partial charge in [0.05, 0.1) is 0 Å². The third-order valence-electron chi connectivity index (χ3n) is 4.40. The molecular formula is C20H21Cl3N2O10S. The number of rotatable bonds is 8. The standard InChI is InChI=1S/C20H21Cl3N2O10S/c1-10(2)15(18(28)35-36(30,31)12-6-4-11(3)5-7-12)25-16(27)14(24)17(25)34-13(26)8-32-19(29)33-9-20(21,22)23/h4-7,14,17H,8-9,24H2,1-3H3. The van der Waals surface area contributed by atoms with Crippen LogP contribution < -0.4 is 5.73 Å². The number of alkyl halides is 3. The van der Waals surface area contributed by atoms with Crippen LogP contribution in [0.4, 0.5) is 4.79 Å². The molecule has 1 aromatic carbocycles. The fourth-order valence-corrected chi connectivity index (χ4v) is 3.76. The molecule has 12 nitrogen and oxygen atoms in total. The number of amides is 1. The highest BCUT2D eigenvalue weighted by molar-refractivity contribution is 7.87. The lowest BCUT2D eigenvalue weighted by Crippen LogP contribution is -2.70. The minimum absolute atomic E-state index is 0.159. The molecule has 1 amide bonds. The summed E-state index contributed by atoms with van der Waals surface area (Å²) in [5, 5.41) is 0. The average molecular weight is 588 g/mol. The average Bonchev–Trinajstić information content (AvgIpc) is 2.77. The molecule has 198 valence electrons. The van der Waals surface area contributed by atoms with Crippen LogP contribution in [0.15, 0.2) is 40.4 Å². The van der Waals surface area contributed by atoms with Crippen molar-refractivity contribution in [1.82, 2.24) is 4.90 Å². The van der Waals surface area contributed by atoms with Crippen LogP contribution in [-0.2, 0) is 42.9 Å². The summed E-state index contributed by atoms with van der Waals surface area (Å²) in [6.07, 6.45) is -2.87. The monoisotopic (exact) mass is 586 g/mol. The van der Waals surface area contributed by atoms with Gasteiger partial charge in [-0.25, -0.2) is 14.4 Å². The second-order valence-electron chi connectivity index (χ2n) is 7.54. The molecule has 0 aromatic heterocycles. The van der Waals surface area contributed by atoms with Crippen molar-refractivity contribution in [1.29, 1.82) is 0 Å². The molecule has 1 saturated heterocycles. The van der Waals surface area contributed by atoms with Crippen LogP contribution >= 0.6 is 34.8 Å². The molecule has 0 aliphatic carbocycles. The lowest BCUT2D eigenvalue weighted by Gasteiger charge is -2.44. The molecule has 1 fully saturated rings. The number of likely N-dealkylation sites (tertiary alicyclic amines) is 1. The van der Waals surface area contributed by atoms with Crippen molar-refractivity contribution in [3.63, 3.8) is 0 Å². The summed E-state index contributed by atoms with van der Waals surface area (Å²) in [6.45, 7) is 2.91. The Labute approximate surface area is 221 Å². The molecule has 1 aromatic rings. The number of carbonyl (C=O) groups excluding carboxylic acids is 4. The molecule has 0 saturated carbocycles. The van der Waals surface area contributed by atoms with Gasteiger partial charge >= 0.3 is 28.2 Å². The fraction of sp³-hybridized carbons (Fsp3) is 0.400. The summed E-state index contributed by atoms with van der Waals surface area (Å²) in [4.78, 5) is 49.1. The first-order valence-corrected chi connectivity index (χ1v) is 12.4. The number of nitrogens with two attached hydrogens (primary N) is 1. The van der Waals surface area contributed by atoms with Crippen LogP contribution in [0.3, 0.4) is 0 Å². The van der Waals surface area contributed by atoms with Crippen molar-refractivity contribution >= 4 is 68.9 Å². The molecule has 1 aliphatic rings. The van der Waals surface area contributed by atoms with Gasteiger partial charge in [0, 0.05) is 0 Å². The second-order valence-corrected chi connectivity index (χ2v) is 11.6. The maximum absolute atomic E-state index is 12.8. The number of hydrogen-bond donors (Lipinski definition) is 1. The molecule has 2 unspecified atom stereocenters. The van der Waals surface area contributed by atoms with E-state index in [1.165, 1.54) is 38.1 Å². The van der Waals surface area contributed by atoms with Crippen LogP contribution in [-0.4, -0.2) is 66.6 Å². The van der Waals surface area contributed by atoms with Crippen molar-refractivity contribution in [2.24, 2.45) is 5.73 Å². The van der Waals surface area contributed by atoms with Crippen LogP contribution in [0.25, 0.3) is 0 Å². The number of ether oxygens (including phenoxy) is 3. The molecule has 1 aliphatic heterocycles. The molecule has 1 heterocycles. The summed E-state index contributed by atoms with van der Waals surface area (Å²) >= 11 is 16.3. The number of benzene rings is 1. The molecule has 0 spiro atoms. The van der Waals surface area contributed by atoms with Gasteiger partial charge in [0.15, 0.2) is 6.61 Å². The minimum atomic E-state index is -4.54. The van der Waals surface area contributed by atoms with Crippen molar-refractivity contribution in [2.45, 2.75) is 41.7 Å². The number of β-lactam (4-membered cyclic amide) rings is 1. The van der Waals surface area contributed by atoms with E-state index in [4.69, 9.17) is 49.5 Å². The van der Waals surface area contributed by atoms with Gasteiger partial charge in [-0.15, -0.1) is 0 Å². The molecule has 0 radical (unpaired) electrons. The zero-order valence-electron chi connectivity index (χ0n) is 19.0. The first kappa shape index (κ1) is 29.6. The Bertz CT molecular complexity index is 1180. The topological polar surface area (TPSA) is 169 Å². The van der Waals surface area contributed by atoms with E-state index in [1.807, 2.05) is 0 Å². The molecule has 2 atom stereocenters. The van der Waals surface area contributed by atoms with Crippen molar-refractivity contribution < 1.29 is 46.0 Å². The largest absolute Gasteiger partial charge is 0.508 e. The Morgan fingerprint density at radius 3 is 2.19 bits per heavy atom. The van der Waals surface area contributed by atoms with Crippen LogP contribution in [0.5, 0.6) is 0 Å². The fourth-order valence-electron chi connectivity index (χ4n) is 2.75. The summed E-state index contributed by atoms with van der Waals surface area (Å²) in [7, 11) is -4.54. The molecule has 36 heavy (non-hydrogen) atoms. The maximum atomic E-state index is 12.8. The predicted octanol–water partition coefficient (Wildman–Crippen LogP) is 2.08. The van der Waals surface area contributed by atoms with Gasteiger partial charge in [-0.3, -0.25) is 9.69 Å². The number of halogens is 3. The van der Waals surface area contributed by atoms with Crippen LogP contribution in [0.2, 0.25) is 0 Å². The van der Waals surface area contributed by atoms with E-state index in [0.717, 1.165) is 5.56 Å². The molecule has 0 bridgehead atoms. The minimum Gasteiger partial charge on any atom is -0.436 e. The molecular weight excluding hydrogens is 567 g/mol. The Hall–Kier alpha value is -2.58. The van der Waals surface area contributed by atoms with Crippen LogP contribution in [0, 0.1) is 6.92 Å². The van der Waals surface area contributed by atoms with E-state index in [2.05, 4.69) is 9.47 Å². The smallest absolute Gasteiger partial charge is 0.436 e. The number of nitrogens with zero attached hydrogens (tertiary/aromatic N) is 1. The Morgan fingerprint density at radius 1 is 1.08 bits per heavy atom. The number of aryl methyl sites for hydroxylation is 1. The van der Waals surface area contributed by atoms with Gasteiger partial charge in [-0.05, 0) is 38.5 Å². The van der Waals surface area contributed by atoms with E-state index < -0.39 is 69.1 Å². The lowest BCUT2D eigenvalue weighted by atomic mass is 10.0. The quantitative estimate of drug-likeness (QED) is 0.155. The maximum Gasteiger partial charge on any atom is 0.508 e. The van der Waals surface area contributed by atoms with Gasteiger partial charge < -0.3 is 24.1 Å². The predicted molar refractivity (Wildman–Crippen MR) is 125 cm³/mol. The second kappa shape index (κ2) is 11.6. The number of esters is 1. The van der Waals surface area contributed by atoms with E-state index in [1.54, 1.807) is 6.92 Å². The number of carbonyl (C=O) groups is 4. The van der Waals surface area contributed by atoms with Gasteiger partial charge in [-0.2, -0.15) is 8.42 Å². The molecule has 2 N–H and O–H groups in total. The summed E-state index contributed by atoms with van der Waals surface area (Å²) in [5.41, 5.74) is 6.12. The van der Waals surface area contributed by atoms with E-state index in [9.17, 15) is 27.6 Å². The zero-order chi connectivity index (χ0) is 27.4. The highest BCUT2D eigenvalue weighted by atomic mass is 35.6. The highest BCUT2D eigenvalue weighted by Crippen LogP contribution is 2.29. The first-order valence-electron chi connectivity index (χ1n) is 9.91. The summed E-state index contributed by atoms with van der Waals surface area (Å²) in [5.74, 6) is -3.42. The van der Waals surface area contributed by atoms with Crippen molar-refractivity contribution in [3.8, 4) is 0 Å². The van der Waals surface area contributed by atoms with E-state index >= 15 is 0 Å². The van der Waals surface area contributed by atoms with Gasteiger partial charge in [-0.1, -0.05) is 52.5 Å². The molecule has 2 rings (SSSR count). The Morgan fingerprint density at radius 2 is 1.67 bits per heavy atom. The zero-order valence-corrected chi connectivity index (χ0v) is 22.1. The SMILES string of the molecule is CC(C)=C(C(=O)OS(=O)(=O)c1ccc(C)cc1)N1C(=O)C(N)C1OC(=O)COC(=O)OCC(Cl)(Cl)Cl. The Kier molecular flexibility index (Phi) is 9.59. The first-order chi connectivity index (χ1) is 16.5.